The van der Waals surface area contributed by atoms with Gasteiger partial charge in [0.25, 0.3) is 11.5 Å². The van der Waals surface area contributed by atoms with Crippen molar-refractivity contribution in [3.63, 3.8) is 0 Å². The largest absolute Gasteiger partial charge is 0.376 e. The molecule has 0 aliphatic rings. The van der Waals surface area contributed by atoms with E-state index in [1.807, 2.05) is 128 Å². The molecule has 1 heterocycles. The van der Waals surface area contributed by atoms with E-state index in [2.05, 4.69) is 27.8 Å². The number of amides is 4. The van der Waals surface area contributed by atoms with E-state index in [9.17, 15) is 24.0 Å². The summed E-state index contributed by atoms with van der Waals surface area (Å²) < 4.78 is 1.69. The number of aryl methyl sites for hydroxylation is 2. The van der Waals surface area contributed by atoms with Crippen molar-refractivity contribution >= 4 is 34.5 Å². The van der Waals surface area contributed by atoms with E-state index in [0.717, 1.165) is 16.7 Å². The minimum absolute atomic E-state index is 0.0873. The number of nitrogens with zero attached hydrogens (tertiary/aromatic N) is 3. The fourth-order valence-electron chi connectivity index (χ4n) is 7.61. The lowest BCUT2D eigenvalue weighted by Crippen LogP contribution is -2.54. The zero-order valence-electron chi connectivity index (χ0n) is 39.0. The highest BCUT2D eigenvalue weighted by Gasteiger charge is 2.33. The molecule has 13 nitrogen and oxygen atoms in total. The zero-order valence-corrected chi connectivity index (χ0v) is 39.0. The molecule has 340 valence electrons. The number of fused-ring (bicyclic) bond motifs is 1. The van der Waals surface area contributed by atoms with Crippen molar-refractivity contribution in [1.82, 2.24) is 35.7 Å². The first-order valence-corrected chi connectivity index (χ1v) is 22.3. The maximum absolute atomic E-state index is 14.7. The predicted octanol–water partition coefficient (Wildman–Crippen LogP) is 6.31. The maximum atomic E-state index is 14.7. The van der Waals surface area contributed by atoms with Gasteiger partial charge >= 0.3 is 0 Å². The van der Waals surface area contributed by atoms with Crippen LogP contribution in [0.3, 0.4) is 0 Å². The second-order valence-electron chi connectivity index (χ2n) is 18.1. The molecular weight excluding hydrogens is 793 g/mol. The summed E-state index contributed by atoms with van der Waals surface area (Å²) in [7, 11) is 0. The molecule has 63 heavy (non-hydrogen) atoms. The lowest BCUT2D eigenvalue weighted by Gasteiger charge is -2.36. The molecule has 0 aliphatic carbocycles. The van der Waals surface area contributed by atoms with Gasteiger partial charge in [0.05, 0.1) is 35.6 Å². The highest BCUT2D eigenvalue weighted by atomic mass is 16.2. The number of rotatable bonds is 22. The summed E-state index contributed by atoms with van der Waals surface area (Å²) >= 11 is 0. The number of benzene rings is 3. The topological polar surface area (TPSA) is 181 Å². The number of carbonyl (C=O) groups excluding carboxylic acids is 4. The molecule has 3 aromatic carbocycles. The molecule has 0 radical (unpaired) electrons. The zero-order chi connectivity index (χ0) is 46.5. The van der Waals surface area contributed by atoms with Gasteiger partial charge in [0.2, 0.25) is 17.7 Å². The van der Waals surface area contributed by atoms with Gasteiger partial charge in [-0.25, -0.2) is 4.98 Å². The number of nitrogens with one attached hydrogen (secondary N) is 4. The minimum Gasteiger partial charge on any atom is -0.376 e. The van der Waals surface area contributed by atoms with Crippen molar-refractivity contribution in [3.05, 3.63) is 124 Å². The molecule has 13 heteroatoms. The van der Waals surface area contributed by atoms with Gasteiger partial charge in [-0.15, -0.1) is 0 Å². The van der Waals surface area contributed by atoms with Crippen LogP contribution in [-0.2, 0) is 20.9 Å². The van der Waals surface area contributed by atoms with E-state index in [1.165, 1.54) is 0 Å². The van der Waals surface area contributed by atoms with Crippen molar-refractivity contribution in [2.45, 2.75) is 125 Å². The summed E-state index contributed by atoms with van der Waals surface area (Å²) in [5.74, 6) is -0.633. The third-order valence-corrected chi connectivity index (χ3v) is 11.0. The number of nitrogens with two attached hydrogens (primary N) is 1. The van der Waals surface area contributed by atoms with E-state index in [4.69, 9.17) is 10.7 Å². The third kappa shape index (κ3) is 14.1. The second kappa shape index (κ2) is 23.0. The Kier molecular flexibility index (Phi) is 18.2. The van der Waals surface area contributed by atoms with Crippen molar-refractivity contribution in [3.8, 4) is 0 Å². The van der Waals surface area contributed by atoms with Gasteiger partial charge in [-0.1, -0.05) is 102 Å². The van der Waals surface area contributed by atoms with Crippen molar-refractivity contribution in [2.24, 2.45) is 23.5 Å². The SMILES string of the molecule is C=C(NC(C)C(=O)NC(CC(C)C)C(=O)NCCCN(C(=O)c1ccc(C)cc1)C(c1nc2cc(C)ccc2c(=O)n1Cc1ccccc1)C(C)C)C(CC(C)C)NC(=O)C(C)N. The van der Waals surface area contributed by atoms with Crippen LogP contribution >= 0.6 is 0 Å². The van der Waals surface area contributed by atoms with Gasteiger partial charge in [0.1, 0.15) is 17.9 Å². The van der Waals surface area contributed by atoms with E-state index in [1.54, 1.807) is 23.3 Å². The molecule has 0 saturated heterocycles. The standard InChI is InChI=1S/C50H70N8O5/c1-30(2)26-41(55-46(59)35(9)51)36(10)53-37(11)47(60)56-43(27-31(3)4)48(61)52-24-15-25-57(49(62)39-21-18-33(7)19-22-39)44(32(5)6)45-54-42-28-34(8)20-23-40(42)50(63)58(45)29-38-16-13-12-14-17-38/h12-14,16-23,28,30-32,35,37,41,43-44,53H,10,15,24-27,29,51H2,1-9,11H3,(H,52,61)(H,55,59)(H,56,60). The first-order valence-electron chi connectivity index (χ1n) is 22.3. The molecule has 0 saturated carbocycles. The highest BCUT2D eigenvalue weighted by molar-refractivity contribution is 5.94. The van der Waals surface area contributed by atoms with Gasteiger partial charge in [-0.3, -0.25) is 28.5 Å². The Bertz CT molecular complexity index is 2250. The summed E-state index contributed by atoms with van der Waals surface area (Å²) in [6.45, 7) is 24.1. The summed E-state index contributed by atoms with van der Waals surface area (Å²) in [5, 5.41) is 12.5. The molecule has 0 bridgehead atoms. The average Bonchev–Trinajstić information content (AvgIpc) is 3.22. The van der Waals surface area contributed by atoms with Crippen LogP contribution in [0.5, 0.6) is 0 Å². The van der Waals surface area contributed by atoms with E-state index in [0.29, 0.717) is 47.3 Å². The van der Waals surface area contributed by atoms with Crippen molar-refractivity contribution in [2.75, 3.05) is 13.1 Å². The smallest absolute Gasteiger partial charge is 0.261 e. The van der Waals surface area contributed by atoms with Crippen LogP contribution in [0.1, 0.15) is 114 Å². The van der Waals surface area contributed by atoms with E-state index < -0.39 is 36.1 Å². The van der Waals surface area contributed by atoms with Gasteiger partial charge in [0, 0.05) is 24.4 Å². The minimum atomic E-state index is -0.828. The Morgan fingerprint density at radius 3 is 1.97 bits per heavy atom. The molecule has 0 fully saturated rings. The van der Waals surface area contributed by atoms with Crippen LogP contribution in [0.15, 0.2) is 89.9 Å². The fraction of sp³-hybridized carbons (Fsp3) is 0.480. The molecule has 4 rings (SSSR count). The van der Waals surface area contributed by atoms with Crippen LogP contribution < -0.4 is 32.6 Å². The first-order chi connectivity index (χ1) is 29.8. The molecule has 4 amide bonds. The van der Waals surface area contributed by atoms with Crippen LogP contribution in [0.2, 0.25) is 0 Å². The van der Waals surface area contributed by atoms with Gasteiger partial charge in [-0.05, 0) is 100 Å². The van der Waals surface area contributed by atoms with Crippen LogP contribution in [-0.4, -0.2) is 75.3 Å². The molecule has 0 aliphatic heterocycles. The summed E-state index contributed by atoms with van der Waals surface area (Å²) in [6.07, 6.45) is 1.37. The summed E-state index contributed by atoms with van der Waals surface area (Å²) in [4.78, 5) is 75.8. The average molecular weight is 863 g/mol. The number of aromatic nitrogens is 2. The molecule has 6 N–H and O–H groups in total. The monoisotopic (exact) mass is 863 g/mol. The van der Waals surface area contributed by atoms with Gasteiger partial charge < -0.3 is 31.9 Å². The lowest BCUT2D eigenvalue weighted by atomic mass is 9.98. The quantitative estimate of drug-likeness (QED) is 0.0571. The van der Waals surface area contributed by atoms with E-state index in [-0.39, 0.29) is 60.7 Å². The summed E-state index contributed by atoms with van der Waals surface area (Å²) in [5.41, 5.74) is 10.1. The molecule has 1 aromatic heterocycles. The Morgan fingerprint density at radius 2 is 1.37 bits per heavy atom. The Morgan fingerprint density at radius 1 is 0.762 bits per heavy atom. The maximum Gasteiger partial charge on any atom is 0.261 e. The molecule has 5 unspecified atom stereocenters. The Balaban J connectivity index is 1.59. The highest BCUT2D eigenvalue weighted by Crippen LogP contribution is 2.31. The van der Waals surface area contributed by atoms with Crippen molar-refractivity contribution < 1.29 is 19.2 Å². The number of hydrogen-bond acceptors (Lipinski definition) is 8. The van der Waals surface area contributed by atoms with Crippen LogP contribution in [0.25, 0.3) is 10.9 Å². The number of carbonyl (C=O) groups is 4. The second-order valence-corrected chi connectivity index (χ2v) is 18.1. The summed E-state index contributed by atoms with van der Waals surface area (Å²) in [6, 6.07) is 19.4. The fourth-order valence-corrected chi connectivity index (χ4v) is 7.61. The van der Waals surface area contributed by atoms with Crippen LogP contribution in [0, 0.1) is 31.6 Å². The Hall–Kier alpha value is -5.82. The first kappa shape index (κ1) is 49.8. The van der Waals surface area contributed by atoms with Gasteiger partial charge in [0.15, 0.2) is 0 Å². The molecule has 0 spiro atoms. The Labute approximate surface area is 373 Å². The number of hydrogen-bond donors (Lipinski definition) is 5. The predicted molar refractivity (Wildman–Crippen MR) is 252 cm³/mol. The van der Waals surface area contributed by atoms with Gasteiger partial charge in [-0.2, -0.15) is 0 Å². The van der Waals surface area contributed by atoms with Crippen molar-refractivity contribution in [1.29, 1.82) is 0 Å². The molecular formula is C50H70N8O5. The van der Waals surface area contributed by atoms with E-state index >= 15 is 0 Å². The third-order valence-electron chi connectivity index (χ3n) is 11.0. The van der Waals surface area contributed by atoms with Crippen LogP contribution in [0.4, 0.5) is 0 Å². The molecule has 5 atom stereocenters. The molecule has 4 aromatic rings. The normalized spacial score (nSPS) is 13.9. The lowest BCUT2D eigenvalue weighted by molar-refractivity contribution is -0.130.